The molecular weight excluding hydrogens is 218 g/mol. The average Bonchev–Trinajstić information content (AvgIpc) is 2.21. The maximum Gasteiger partial charge on any atom is 0.407 e. The summed E-state index contributed by atoms with van der Waals surface area (Å²) in [6.07, 6.45) is 0.763. The molecule has 0 radical (unpaired) electrons. The summed E-state index contributed by atoms with van der Waals surface area (Å²) in [7, 11) is 0. The largest absolute Gasteiger partial charge is 0.450 e. The number of amides is 1. The Hall–Kier alpha value is -1.06. The summed E-state index contributed by atoms with van der Waals surface area (Å²) in [4.78, 5) is 23.4. The number of alkyl carbamates (subject to hydrolysis) is 1. The number of nitrogens with one attached hydrogen (secondary N) is 1. The van der Waals surface area contributed by atoms with Gasteiger partial charge in [-0.1, -0.05) is 34.6 Å². The number of hydrogen-bond donors (Lipinski definition) is 1. The molecule has 1 N–H and O–H groups in total. The lowest BCUT2D eigenvalue weighted by atomic mass is 9.94. The molecule has 1 amide bonds. The number of ether oxygens (including phenoxy) is 1. The van der Waals surface area contributed by atoms with Crippen molar-refractivity contribution in [2.45, 2.75) is 53.5 Å². The number of hydrogen-bond acceptors (Lipinski definition) is 3. The Morgan fingerprint density at radius 1 is 1.18 bits per heavy atom. The van der Waals surface area contributed by atoms with Crippen LogP contribution in [0.15, 0.2) is 0 Å². The Morgan fingerprint density at radius 3 is 2.18 bits per heavy atom. The van der Waals surface area contributed by atoms with Gasteiger partial charge in [-0.3, -0.25) is 4.79 Å². The van der Waals surface area contributed by atoms with Gasteiger partial charge in [-0.05, 0) is 18.3 Å². The second-order valence-corrected chi connectivity index (χ2v) is 5.07. The molecule has 4 heteroatoms. The van der Waals surface area contributed by atoms with Crippen LogP contribution in [-0.4, -0.2) is 24.5 Å². The Bertz CT molecular complexity index is 249. The van der Waals surface area contributed by atoms with Crippen LogP contribution in [0, 0.1) is 11.8 Å². The molecule has 0 aliphatic rings. The van der Waals surface area contributed by atoms with Crippen LogP contribution in [0.1, 0.15) is 47.5 Å². The SMILES string of the molecule is CCCOC(=O)N[C@H](C(=O)CC(C)C)C(C)C. The van der Waals surface area contributed by atoms with E-state index in [2.05, 4.69) is 5.32 Å². The molecule has 0 saturated carbocycles. The summed E-state index contributed by atoms with van der Waals surface area (Å²) in [5.41, 5.74) is 0. The molecule has 0 rings (SSSR count). The highest BCUT2D eigenvalue weighted by Gasteiger charge is 2.24. The minimum Gasteiger partial charge on any atom is -0.450 e. The van der Waals surface area contributed by atoms with E-state index in [9.17, 15) is 9.59 Å². The van der Waals surface area contributed by atoms with E-state index < -0.39 is 12.1 Å². The summed E-state index contributed by atoms with van der Waals surface area (Å²) in [5.74, 6) is 0.455. The summed E-state index contributed by atoms with van der Waals surface area (Å²) in [6, 6.07) is -0.443. The Balaban J connectivity index is 4.33. The highest BCUT2D eigenvalue weighted by atomic mass is 16.5. The van der Waals surface area contributed by atoms with Crippen molar-refractivity contribution in [3.05, 3.63) is 0 Å². The first-order chi connectivity index (χ1) is 7.88. The minimum atomic E-state index is -0.498. The van der Waals surface area contributed by atoms with Gasteiger partial charge in [-0.2, -0.15) is 0 Å². The van der Waals surface area contributed by atoms with Crippen molar-refractivity contribution in [3.63, 3.8) is 0 Å². The second-order valence-electron chi connectivity index (χ2n) is 5.07. The maximum absolute atomic E-state index is 11.9. The fraction of sp³-hybridized carbons (Fsp3) is 0.846. The van der Waals surface area contributed by atoms with Crippen LogP contribution >= 0.6 is 0 Å². The summed E-state index contributed by atoms with van der Waals surface area (Å²) in [5, 5.41) is 2.65. The highest BCUT2D eigenvalue weighted by molar-refractivity contribution is 5.87. The third-order valence-corrected chi connectivity index (χ3v) is 2.33. The molecule has 0 spiro atoms. The van der Waals surface area contributed by atoms with E-state index in [1.807, 2.05) is 34.6 Å². The van der Waals surface area contributed by atoms with Gasteiger partial charge in [0.2, 0.25) is 0 Å². The number of carbonyl (C=O) groups is 2. The number of rotatable bonds is 7. The van der Waals surface area contributed by atoms with Gasteiger partial charge < -0.3 is 10.1 Å². The zero-order chi connectivity index (χ0) is 13.4. The molecule has 0 fully saturated rings. The number of ketones is 1. The van der Waals surface area contributed by atoms with Crippen LogP contribution in [0.5, 0.6) is 0 Å². The van der Waals surface area contributed by atoms with Crippen molar-refractivity contribution >= 4 is 11.9 Å². The van der Waals surface area contributed by atoms with E-state index in [1.54, 1.807) is 0 Å². The van der Waals surface area contributed by atoms with Crippen molar-refractivity contribution in [1.82, 2.24) is 5.32 Å². The highest BCUT2D eigenvalue weighted by Crippen LogP contribution is 2.10. The number of Topliss-reactive ketones (excluding diaryl/α,β-unsaturated/α-hetero) is 1. The normalized spacial score (nSPS) is 12.6. The molecule has 0 aromatic rings. The molecular formula is C13H25NO3. The van der Waals surface area contributed by atoms with Crippen LogP contribution in [0.4, 0.5) is 4.79 Å². The lowest BCUT2D eigenvalue weighted by molar-refractivity contribution is -0.122. The molecule has 0 heterocycles. The predicted octanol–water partition coefficient (Wildman–Crippen LogP) is 2.76. The van der Waals surface area contributed by atoms with E-state index >= 15 is 0 Å². The van der Waals surface area contributed by atoms with E-state index in [0.29, 0.717) is 18.9 Å². The van der Waals surface area contributed by atoms with Crippen molar-refractivity contribution in [3.8, 4) is 0 Å². The standard InChI is InChI=1S/C13H25NO3/c1-6-7-17-13(16)14-12(10(4)5)11(15)8-9(2)3/h9-10,12H,6-8H2,1-5H3,(H,14,16)/t12-/m0/s1. The molecule has 0 aliphatic carbocycles. The van der Waals surface area contributed by atoms with Crippen molar-refractivity contribution in [1.29, 1.82) is 0 Å². The van der Waals surface area contributed by atoms with Crippen LogP contribution < -0.4 is 5.32 Å². The first-order valence-corrected chi connectivity index (χ1v) is 6.34. The Morgan fingerprint density at radius 2 is 1.76 bits per heavy atom. The van der Waals surface area contributed by atoms with Crippen molar-refractivity contribution in [2.75, 3.05) is 6.61 Å². The van der Waals surface area contributed by atoms with Crippen molar-refractivity contribution < 1.29 is 14.3 Å². The fourth-order valence-corrected chi connectivity index (χ4v) is 1.51. The second kappa shape index (κ2) is 8.09. The first-order valence-electron chi connectivity index (χ1n) is 6.34. The lowest BCUT2D eigenvalue weighted by Gasteiger charge is -2.21. The zero-order valence-electron chi connectivity index (χ0n) is 11.6. The molecule has 0 unspecified atom stereocenters. The smallest absolute Gasteiger partial charge is 0.407 e. The molecule has 1 atom stereocenters. The molecule has 0 aliphatic heterocycles. The molecule has 0 aromatic carbocycles. The van der Waals surface area contributed by atoms with E-state index in [-0.39, 0.29) is 11.7 Å². The Labute approximate surface area is 104 Å². The Kier molecular flexibility index (Phi) is 7.59. The molecule has 0 aromatic heterocycles. The molecule has 0 saturated heterocycles. The van der Waals surface area contributed by atoms with Gasteiger partial charge in [-0.15, -0.1) is 0 Å². The van der Waals surface area contributed by atoms with E-state index in [4.69, 9.17) is 4.74 Å². The average molecular weight is 243 g/mol. The van der Waals surface area contributed by atoms with Gasteiger partial charge in [0.15, 0.2) is 5.78 Å². The van der Waals surface area contributed by atoms with Crippen LogP contribution in [-0.2, 0) is 9.53 Å². The molecule has 17 heavy (non-hydrogen) atoms. The third-order valence-electron chi connectivity index (χ3n) is 2.33. The number of carbonyl (C=O) groups excluding carboxylic acids is 2. The lowest BCUT2D eigenvalue weighted by Crippen LogP contribution is -2.45. The van der Waals surface area contributed by atoms with Gasteiger partial charge in [0.05, 0.1) is 12.6 Å². The minimum absolute atomic E-state index is 0.0726. The van der Waals surface area contributed by atoms with E-state index in [1.165, 1.54) is 0 Å². The molecule has 0 bridgehead atoms. The van der Waals surface area contributed by atoms with Gasteiger partial charge in [-0.25, -0.2) is 4.79 Å². The third kappa shape index (κ3) is 6.97. The molecule has 100 valence electrons. The monoisotopic (exact) mass is 243 g/mol. The first kappa shape index (κ1) is 15.9. The van der Waals surface area contributed by atoms with Crippen LogP contribution in [0.3, 0.4) is 0 Å². The van der Waals surface area contributed by atoms with Gasteiger partial charge in [0.25, 0.3) is 0 Å². The van der Waals surface area contributed by atoms with Crippen molar-refractivity contribution in [2.24, 2.45) is 11.8 Å². The van der Waals surface area contributed by atoms with Gasteiger partial charge in [0.1, 0.15) is 0 Å². The molecule has 4 nitrogen and oxygen atoms in total. The quantitative estimate of drug-likeness (QED) is 0.748. The fourth-order valence-electron chi connectivity index (χ4n) is 1.51. The summed E-state index contributed by atoms with van der Waals surface area (Å²) < 4.78 is 4.92. The summed E-state index contributed by atoms with van der Waals surface area (Å²) in [6.45, 7) is 10.1. The van der Waals surface area contributed by atoms with Gasteiger partial charge >= 0.3 is 6.09 Å². The van der Waals surface area contributed by atoms with Crippen LogP contribution in [0.2, 0.25) is 0 Å². The van der Waals surface area contributed by atoms with Gasteiger partial charge in [0, 0.05) is 6.42 Å². The topological polar surface area (TPSA) is 55.4 Å². The summed E-state index contributed by atoms with van der Waals surface area (Å²) >= 11 is 0. The van der Waals surface area contributed by atoms with E-state index in [0.717, 1.165) is 6.42 Å². The maximum atomic E-state index is 11.9. The zero-order valence-corrected chi connectivity index (χ0v) is 11.6. The predicted molar refractivity (Wildman–Crippen MR) is 67.9 cm³/mol. The van der Waals surface area contributed by atoms with Crippen LogP contribution in [0.25, 0.3) is 0 Å².